The van der Waals surface area contributed by atoms with Gasteiger partial charge in [-0.25, -0.2) is 9.18 Å². The third kappa shape index (κ3) is 4.85. The van der Waals surface area contributed by atoms with Gasteiger partial charge in [0.25, 0.3) is 0 Å². The monoisotopic (exact) mass is 398 g/mol. The van der Waals surface area contributed by atoms with E-state index >= 15 is 0 Å². The lowest BCUT2D eigenvalue weighted by Gasteiger charge is -2.37. The summed E-state index contributed by atoms with van der Waals surface area (Å²) in [5.74, 6) is -0.341. The summed E-state index contributed by atoms with van der Waals surface area (Å²) in [7, 11) is 0. The quantitative estimate of drug-likeness (QED) is 0.826. The maximum atomic E-state index is 14.8. The number of rotatable bonds is 5. The fourth-order valence-electron chi connectivity index (χ4n) is 3.83. The number of benzene rings is 1. The second kappa shape index (κ2) is 8.37. The largest absolute Gasteiger partial charge is 0.372 e. The van der Waals surface area contributed by atoms with Crippen LogP contribution in [0.3, 0.4) is 0 Å². The minimum atomic E-state index is -0.341. The van der Waals surface area contributed by atoms with Crippen molar-refractivity contribution in [3.63, 3.8) is 0 Å². The Labute approximate surface area is 170 Å². The van der Waals surface area contributed by atoms with E-state index in [9.17, 15) is 9.18 Å². The molecule has 1 saturated heterocycles. The molecule has 0 spiro atoms. The van der Waals surface area contributed by atoms with Crippen LogP contribution in [0.4, 0.5) is 20.6 Å². The molecule has 1 saturated carbocycles. The third-order valence-electron chi connectivity index (χ3n) is 5.27. The zero-order valence-electron chi connectivity index (χ0n) is 16.8. The first-order valence-corrected chi connectivity index (χ1v) is 10.2. The number of amides is 2. The number of hydrogen-bond acceptors (Lipinski definition) is 4. The average molecular weight is 398 g/mol. The number of anilines is 2. The molecule has 2 atom stereocenters. The highest BCUT2D eigenvalue weighted by molar-refractivity contribution is 5.90. The number of hydrogen-bond donors (Lipinski definition) is 1. The van der Waals surface area contributed by atoms with Crippen LogP contribution < -0.4 is 10.2 Å². The Morgan fingerprint density at radius 2 is 2.00 bits per heavy atom. The number of urea groups is 1. The number of halogens is 1. The summed E-state index contributed by atoms with van der Waals surface area (Å²) < 4.78 is 20.5. The van der Waals surface area contributed by atoms with E-state index in [4.69, 9.17) is 4.74 Å². The molecule has 6 nitrogen and oxygen atoms in total. The smallest absolute Gasteiger partial charge is 0.322 e. The second-order valence-electron chi connectivity index (χ2n) is 7.94. The lowest BCUT2D eigenvalue weighted by Crippen LogP contribution is -2.45. The van der Waals surface area contributed by atoms with E-state index in [0.29, 0.717) is 31.0 Å². The van der Waals surface area contributed by atoms with Crippen molar-refractivity contribution < 1.29 is 13.9 Å². The molecule has 7 heteroatoms. The van der Waals surface area contributed by atoms with Crippen LogP contribution in [0.15, 0.2) is 42.6 Å². The molecule has 4 rings (SSSR count). The Morgan fingerprint density at radius 3 is 2.62 bits per heavy atom. The standard InChI is InChI=1S/C22H27FN4O2/c1-15-12-26(13-16(2)29-15)21-9-6-17(11-20(21)23)25-22(28)27(19-7-8-19)14-18-5-3-4-10-24-18/h3-6,9-11,15-16,19H,7-8,12-14H2,1-2H3,(H,25,28)/t15-,16-/m0/s1. The molecule has 1 aromatic heterocycles. The number of carbonyl (C=O) groups is 1. The molecule has 1 N–H and O–H groups in total. The highest BCUT2D eigenvalue weighted by atomic mass is 19.1. The van der Waals surface area contributed by atoms with Crippen LogP contribution in [0.5, 0.6) is 0 Å². The topological polar surface area (TPSA) is 57.7 Å². The van der Waals surface area contributed by atoms with Crippen molar-refractivity contribution >= 4 is 17.4 Å². The van der Waals surface area contributed by atoms with Gasteiger partial charge in [0.2, 0.25) is 0 Å². The minimum Gasteiger partial charge on any atom is -0.372 e. The first kappa shape index (κ1) is 19.6. The molecule has 29 heavy (non-hydrogen) atoms. The number of pyridine rings is 1. The van der Waals surface area contributed by atoms with Gasteiger partial charge in [0.15, 0.2) is 0 Å². The maximum absolute atomic E-state index is 14.8. The van der Waals surface area contributed by atoms with E-state index in [0.717, 1.165) is 18.5 Å². The summed E-state index contributed by atoms with van der Waals surface area (Å²) in [6.07, 6.45) is 3.80. The predicted octanol–water partition coefficient (Wildman–Crippen LogP) is 4.03. The number of nitrogens with one attached hydrogen (secondary N) is 1. The van der Waals surface area contributed by atoms with Crippen molar-refractivity contribution in [1.29, 1.82) is 0 Å². The van der Waals surface area contributed by atoms with Gasteiger partial charge < -0.3 is 19.9 Å². The third-order valence-corrected chi connectivity index (χ3v) is 5.27. The van der Waals surface area contributed by atoms with E-state index < -0.39 is 0 Å². The Kier molecular flexibility index (Phi) is 5.67. The molecule has 0 unspecified atom stereocenters. The van der Waals surface area contributed by atoms with Crippen LogP contribution in [0.2, 0.25) is 0 Å². The molecule has 1 aliphatic heterocycles. The van der Waals surface area contributed by atoms with Gasteiger partial charge in [-0.3, -0.25) is 4.98 Å². The van der Waals surface area contributed by atoms with Crippen LogP contribution in [0, 0.1) is 5.82 Å². The molecule has 1 aliphatic carbocycles. The Balaban J connectivity index is 1.44. The van der Waals surface area contributed by atoms with Gasteiger partial charge in [0.1, 0.15) is 5.82 Å². The number of nitrogens with zero attached hydrogens (tertiary/aromatic N) is 3. The fraction of sp³-hybridized carbons (Fsp3) is 0.455. The first-order valence-electron chi connectivity index (χ1n) is 10.2. The predicted molar refractivity (Wildman–Crippen MR) is 110 cm³/mol. The molecule has 2 amide bonds. The fourth-order valence-corrected chi connectivity index (χ4v) is 3.83. The van der Waals surface area contributed by atoms with Gasteiger partial charge in [0.05, 0.1) is 30.1 Å². The number of carbonyl (C=O) groups excluding carboxylic acids is 1. The van der Waals surface area contributed by atoms with Crippen molar-refractivity contribution in [3.05, 3.63) is 54.1 Å². The Hall–Kier alpha value is -2.67. The zero-order valence-corrected chi connectivity index (χ0v) is 16.8. The second-order valence-corrected chi connectivity index (χ2v) is 7.94. The van der Waals surface area contributed by atoms with E-state index in [1.165, 1.54) is 6.07 Å². The minimum absolute atomic E-state index is 0.0521. The van der Waals surface area contributed by atoms with Crippen LogP contribution in [-0.4, -0.2) is 47.3 Å². The van der Waals surface area contributed by atoms with Crippen molar-refractivity contribution in [2.45, 2.75) is 51.5 Å². The van der Waals surface area contributed by atoms with Crippen molar-refractivity contribution in [2.24, 2.45) is 0 Å². The Bertz CT molecular complexity index is 849. The number of ether oxygens (including phenoxy) is 1. The molecule has 2 heterocycles. The first-order chi connectivity index (χ1) is 14.0. The highest BCUT2D eigenvalue weighted by Gasteiger charge is 2.33. The molecule has 2 fully saturated rings. The normalized spacial score (nSPS) is 21.7. The summed E-state index contributed by atoms with van der Waals surface area (Å²) >= 11 is 0. The summed E-state index contributed by atoms with van der Waals surface area (Å²) in [5, 5.41) is 2.85. The summed E-state index contributed by atoms with van der Waals surface area (Å²) in [4.78, 5) is 20.9. The number of morpholine rings is 1. The summed E-state index contributed by atoms with van der Waals surface area (Å²) in [6, 6.07) is 10.5. The number of aromatic nitrogens is 1. The lowest BCUT2D eigenvalue weighted by atomic mass is 10.2. The van der Waals surface area contributed by atoms with Crippen molar-refractivity contribution in [1.82, 2.24) is 9.88 Å². The van der Waals surface area contributed by atoms with E-state index in [1.807, 2.05) is 36.9 Å². The van der Waals surface area contributed by atoms with Gasteiger partial charge in [-0.2, -0.15) is 0 Å². The molecule has 0 bridgehead atoms. The van der Waals surface area contributed by atoms with Gasteiger partial charge >= 0.3 is 6.03 Å². The molecule has 1 aromatic carbocycles. The highest BCUT2D eigenvalue weighted by Crippen LogP contribution is 2.30. The van der Waals surface area contributed by atoms with Crippen LogP contribution in [0.25, 0.3) is 0 Å². The van der Waals surface area contributed by atoms with Crippen molar-refractivity contribution in [3.8, 4) is 0 Å². The molecule has 154 valence electrons. The average Bonchev–Trinajstić information content (AvgIpc) is 3.51. The Morgan fingerprint density at radius 1 is 1.24 bits per heavy atom. The summed E-state index contributed by atoms with van der Waals surface area (Å²) in [5.41, 5.74) is 1.83. The van der Waals surface area contributed by atoms with Crippen LogP contribution in [-0.2, 0) is 11.3 Å². The molecular formula is C22H27FN4O2. The SMILES string of the molecule is C[C@H]1CN(c2ccc(NC(=O)N(Cc3ccccn3)C3CC3)cc2F)C[C@H](C)O1. The molecule has 0 radical (unpaired) electrons. The molecule has 2 aromatic rings. The van der Waals surface area contributed by atoms with Crippen molar-refractivity contribution in [2.75, 3.05) is 23.3 Å². The van der Waals surface area contributed by atoms with Gasteiger partial charge in [-0.1, -0.05) is 6.07 Å². The van der Waals surface area contributed by atoms with Crippen LogP contribution in [0.1, 0.15) is 32.4 Å². The summed E-state index contributed by atoms with van der Waals surface area (Å²) in [6.45, 7) is 5.72. The zero-order chi connectivity index (χ0) is 20.4. The van der Waals surface area contributed by atoms with Gasteiger partial charge in [-0.05, 0) is 57.0 Å². The van der Waals surface area contributed by atoms with E-state index in [2.05, 4.69) is 10.3 Å². The molecular weight excluding hydrogens is 371 g/mol. The molecule has 2 aliphatic rings. The van der Waals surface area contributed by atoms with Crippen LogP contribution >= 0.6 is 0 Å². The lowest BCUT2D eigenvalue weighted by molar-refractivity contribution is -0.00539. The van der Waals surface area contributed by atoms with E-state index in [-0.39, 0.29) is 30.1 Å². The van der Waals surface area contributed by atoms with Gasteiger partial charge in [-0.15, -0.1) is 0 Å². The van der Waals surface area contributed by atoms with Gasteiger partial charge in [0, 0.05) is 31.0 Å². The van der Waals surface area contributed by atoms with E-state index in [1.54, 1.807) is 23.2 Å². The maximum Gasteiger partial charge on any atom is 0.322 e.